The Labute approximate surface area is 131 Å². The van der Waals surface area contributed by atoms with Gasteiger partial charge in [0.2, 0.25) is 0 Å². The molecule has 3 heteroatoms. The quantitative estimate of drug-likeness (QED) is 0.823. The van der Waals surface area contributed by atoms with Gasteiger partial charge in [0.05, 0.1) is 5.69 Å². The second-order valence-corrected chi connectivity index (χ2v) is 7.51. The van der Waals surface area contributed by atoms with Gasteiger partial charge in [0.15, 0.2) is 0 Å². The van der Waals surface area contributed by atoms with Crippen LogP contribution in [0.1, 0.15) is 31.5 Å². The molecule has 21 heavy (non-hydrogen) atoms. The average molecular weight is 300 g/mol. The molecular formula is C18H24N2S. The Balaban J connectivity index is 1.70. The average Bonchev–Trinajstić information content (AvgIpc) is 2.86. The topological polar surface area (TPSA) is 16.1 Å². The van der Waals surface area contributed by atoms with Crippen molar-refractivity contribution >= 4 is 11.3 Å². The van der Waals surface area contributed by atoms with Crippen LogP contribution in [0.25, 0.3) is 10.6 Å². The molecule has 0 saturated carbocycles. The van der Waals surface area contributed by atoms with E-state index in [2.05, 4.69) is 55.3 Å². The number of piperidine rings is 1. The highest BCUT2D eigenvalue weighted by Gasteiger charge is 2.22. The summed E-state index contributed by atoms with van der Waals surface area (Å²) >= 11 is 1.76. The van der Waals surface area contributed by atoms with Crippen LogP contribution in [0.5, 0.6) is 0 Å². The molecule has 2 aromatic rings. The Morgan fingerprint density at radius 3 is 2.71 bits per heavy atom. The molecule has 0 radical (unpaired) electrons. The van der Waals surface area contributed by atoms with Crippen LogP contribution in [-0.2, 0) is 6.54 Å². The van der Waals surface area contributed by atoms with Crippen molar-refractivity contribution in [2.75, 3.05) is 13.1 Å². The van der Waals surface area contributed by atoms with E-state index in [4.69, 9.17) is 4.98 Å². The molecule has 1 aliphatic rings. The normalized spacial score (nSPS) is 23.4. The molecule has 2 heterocycles. The Morgan fingerprint density at radius 1 is 1.24 bits per heavy atom. The third-order valence-corrected chi connectivity index (χ3v) is 5.09. The predicted molar refractivity (Wildman–Crippen MR) is 90.5 cm³/mol. The minimum Gasteiger partial charge on any atom is -0.297 e. The van der Waals surface area contributed by atoms with Gasteiger partial charge in [-0.1, -0.05) is 37.6 Å². The van der Waals surface area contributed by atoms with Crippen molar-refractivity contribution in [1.82, 2.24) is 9.88 Å². The van der Waals surface area contributed by atoms with Gasteiger partial charge in [-0.15, -0.1) is 11.3 Å². The molecule has 0 aliphatic carbocycles. The van der Waals surface area contributed by atoms with Crippen molar-refractivity contribution in [3.8, 4) is 10.6 Å². The van der Waals surface area contributed by atoms with E-state index in [0.717, 1.165) is 23.4 Å². The van der Waals surface area contributed by atoms with Crippen molar-refractivity contribution in [1.29, 1.82) is 0 Å². The molecular weight excluding hydrogens is 276 g/mol. The summed E-state index contributed by atoms with van der Waals surface area (Å²) < 4.78 is 0. The molecule has 0 spiro atoms. The van der Waals surface area contributed by atoms with Crippen molar-refractivity contribution in [2.45, 2.75) is 33.7 Å². The van der Waals surface area contributed by atoms with Crippen molar-refractivity contribution < 1.29 is 0 Å². The zero-order valence-electron chi connectivity index (χ0n) is 13.2. The number of rotatable bonds is 3. The molecule has 2 nitrogen and oxygen atoms in total. The summed E-state index contributed by atoms with van der Waals surface area (Å²) in [7, 11) is 0. The Hall–Kier alpha value is -1.19. The van der Waals surface area contributed by atoms with Gasteiger partial charge in [-0.05, 0) is 31.2 Å². The van der Waals surface area contributed by atoms with E-state index < -0.39 is 0 Å². The molecule has 1 saturated heterocycles. The number of thiazole rings is 1. The monoisotopic (exact) mass is 300 g/mol. The summed E-state index contributed by atoms with van der Waals surface area (Å²) in [6.07, 6.45) is 1.36. The van der Waals surface area contributed by atoms with Crippen molar-refractivity contribution in [3.63, 3.8) is 0 Å². The summed E-state index contributed by atoms with van der Waals surface area (Å²) in [4.78, 5) is 7.41. The van der Waals surface area contributed by atoms with E-state index in [9.17, 15) is 0 Å². The molecule has 1 aromatic carbocycles. The van der Waals surface area contributed by atoms with Crippen LogP contribution in [0.4, 0.5) is 0 Å². The van der Waals surface area contributed by atoms with Gasteiger partial charge in [0.1, 0.15) is 5.01 Å². The smallest absolute Gasteiger partial charge is 0.123 e. The van der Waals surface area contributed by atoms with Crippen LogP contribution in [0.15, 0.2) is 29.6 Å². The lowest BCUT2D eigenvalue weighted by Gasteiger charge is -2.34. The summed E-state index contributed by atoms with van der Waals surface area (Å²) in [5.74, 6) is 1.62. The summed E-state index contributed by atoms with van der Waals surface area (Å²) in [5, 5.41) is 3.37. The first-order valence-electron chi connectivity index (χ1n) is 7.84. The first kappa shape index (κ1) is 14.7. The van der Waals surface area contributed by atoms with Crippen molar-refractivity contribution in [3.05, 3.63) is 40.9 Å². The number of aromatic nitrogens is 1. The molecule has 3 rings (SSSR count). The van der Waals surface area contributed by atoms with Crippen LogP contribution in [0, 0.1) is 18.8 Å². The molecule has 0 bridgehead atoms. The number of aryl methyl sites for hydroxylation is 1. The third-order valence-electron chi connectivity index (χ3n) is 4.15. The molecule has 112 valence electrons. The molecule has 0 N–H and O–H groups in total. The van der Waals surface area contributed by atoms with Crippen LogP contribution in [-0.4, -0.2) is 23.0 Å². The van der Waals surface area contributed by atoms with Crippen LogP contribution in [0.3, 0.4) is 0 Å². The summed E-state index contributed by atoms with van der Waals surface area (Å²) in [6.45, 7) is 10.3. The van der Waals surface area contributed by atoms with Crippen LogP contribution >= 0.6 is 11.3 Å². The van der Waals surface area contributed by atoms with E-state index in [1.54, 1.807) is 11.3 Å². The van der Waals surface area contributed by atoms with E-state index in [1.165, 1.54) is 36.3 Å². The first-order chi connectivity index (χ1) is 10.1. The summed E-state index contributed by atoms with van der Waals surface area (Å²) in [5.41, 5.74) is 3.76. The van der Waals surface area contributed by atoms with Gasteiger partial charge < -0.3 is 0 Å². The van der Waals surface area contributed by atoms with E-state index >= 15 is 0 Å². The largest absolute Gasteiger partial charge is 0.297 e. The number of nitrogens with zero attached hydrogens (tertiary/aromatic N) is 2. The van der Waals surface area contributed by atoms with Crippen LogP contribution in [0.2, 0.25) is 0 Å². The Bertz CT molecular complexity index is 595. The van der Waals surface area contributed by atoms with E-state index in [0.29, 0.717) is 0 Å². The molecule has 1 fully saturated rings. The maximum Gasteiger partial charge on any atom is 0.123 e. The predicted octanol–water partition coefficient (Wildman–Crippen LogP) is 4.60. The number of hydrogen-bond donors (Lipinski definition) is 0. The highest BCUT2D eigenvalue weighted by molar-refractivity contribution is 7.13. The lowest BCUT2D eigenvalue weighted by atomic mass is 9.92. The van der Waals surface area contributed by atoms with Gasteiger partial charge >= 0.3 is 0 Å². The zero-order valence-corrected chi connectivity index (χ0v) is 14.0. The second kappa shape index (κ2) is 6.29. The number of likely N-dealkylation sites (tertiary alicyclic amines) is 1. The van der Waals surface area contributed by atoms with Gasteiger partial charge in [-0.25, -0.2) is 4.98 Å². The number of benzene rings is 1. The van der Waals surface area contributed by atoms with Gasteiger partial charge in [-0.3, -0.25) is 4.90 Å². The molecule has 2 unspecified atom stereocenters. The van der Waals surface area contributed by atoms with E-state index in [-0.39, 0.29) is 0 Å². The fourth-order valence-corrected chi connectivity index (χ4v) is 4.25. The van der Waals surface area contributed by atoms with E-state index in [1.807, 2.05) is 0 Å². The SMILES string of the molecule is Cc1cccc(-c2nc(CN3CC(C)CC(C)C3)cs2)c1. The lowest BCUT2D eigenvalue weighted by Crippen LogP contribution is -2.38. The molecule has 2 atom stereocenters. The fraction of sp³-hybridized carbons (Fsp3) is 0.500. The van der Waals surface area contributed by atoms with Gasteiger partial charge in [0, 0.05) is 30.6 Å². The second-order valence-electron chi connectivity index (χ2n) is 6.65. The van der Waals surface area contributed by atoms with Crippen molar-refractivity contribution in [2.24, 2.45) is 11.8 Å². The maximum atomic E-state index is 4.84. The number of hydrogen-bond acceptors (Lipinski definition) is 3. The van der Waals surface area contributed by atoms with Crippen LogP contribution < -0.4 is 0 Å². The minimum atomic E-state index is 0.809. The van der Waals surface area contributed by atoms with Gasteiger partial charge in [-0.2, -0.15) is 0 Å². The zero-order chi connectivity index (χ0) is 14.8. The Morgan fingerprint density at radius 2 is 2.00 bits per heavy atom. The summed E-state index contributed by atoms with van der Waals surface area (Å²) in [6, 6.07) is 8.61. The minimum absolute atomic E-state index is 0.809. The molecule has 1 aromatic heterocycles. The highest BCUT2D eigenvalue weighted by Crippen LogP contribution is 2.27. The molecule has 1 aliphatic heterocycles. The fourth-order valence-electron chi connectivity index (χ4n) is 3.44. The maximum absolute atomic E-state index is 4.84. The highest BCUT2D eigenvalue weighted by atomic mass is 32.1. The third kappa shape index (κ3) is 3.72. The molecule has 0 amide bonds. The van der Waals surface area contributed by atoms with Gasteiger partial charge in [0.25, 0.3) is 0 Å². The standard InChI is InChI=1S/C18H24N2S/c1-13-5-4-6-16(8-13)18-19-17(12-21-18)11-20-9-14(2)7-15(3)10-20/h4-6,8,12,14-15H,7,9-11H2,1-3H3. The lowest BCUT2D eigenvalue weighted by molar-refractivity contribution is 0.133. The Kier molecular flexibility index (Phi) is 4.41. The first-order valence-corrected chi connectivity index (χ1v) is 8.72.